The number of carbonyl (C=O) groups is 1. The lowest BCUT2D eigenvalue weighted by Crippen LogP contribution is -2.15. The first-order valence-corrected chi connectivity index (χ1v) is 8.52. The standard InChI is InChI=1S/C17H13N5O3S/c1-25-11-4-2-3-10(7-11)22-16-13(20-17(22)24)12(14(18)23)19-15(21-16)9-5-6-26-8-9/h2-8H,1H3,(H2,18,23)(H,20,24). The Bertz CT molecular complexity index is 1180. The maximum Gasteiger partial charge on any atom is 0.332 e. The number of carbonyl (C=O) groups excluding carboxylic acids is 1. The van der Waals surface area contributed by atoms with Crippen LogP contribution < -0.4 is 16.2 Å². The van der Waals surface area contributed by atoms with Crippen molar-refractivity contribution < 1.29 is 9.53 Å². The largest absolute Gasteiger partial charge is 0.497 e. The van der Waals surface area contributed by atoms with Crippen LogP contribution in [0.4, 0.5) is 0 Å². The molecule has 0 aliphatic rings. The van der Waals surface area contributed by atoms with Gasteiger partial charge < -0.3 is 15.5 Å². The van der Waals surface area contributed by atoms with Crippen LogP contribution in [0.3, 0.4) is 0 Å². The fourth-order valence-corrected chi connectivity index (χ4v) is 3.31. The summed E-state index contributed by atoms with van der Waals surface area (Å²) < 4.78 is 6.58. The topological polar surface area (TPSA) is 116 Å². The Morgan fingerprint density at radius 3 is 2.85 bits per heavy atom. The maximum absolute atomic E-state index is 12.6. The number of fused-ring (bicyclic) bond motifs is 1. The van der Waals surface area contributed by atoms with Gasteiger partial charge in [-0.15, -0.1) is 0 Å². The number of primary amides is 1. The monoisotopic (exact) mass is 367 g/mol. The molecule has 0 aliphatic carbocycles. The number of rotatable bonds is 4. The van der Waals surface area contributed by atoms with Crippen molar-refractivity contribution in [2.75, 3.05) is 7.11 Å². The molecule has 26 heavy (non-hydrogen) atoms. The molecular formula is C17H13N5O3S. The Hall–Kier alpha value is -3.46. The first kappa shape index (κ1) is 16.0. The molecule has 0 fully saturated rings. The highest BCUT2D eigenvalue weighted by Gasteiger charge is 2.20. The number of ether oxygens (including phenoxy) is 1. The predicted octanol–water partition coefficient (Wildman–Crippen LogP) is 1.94. The number of methoxy groups -OCH3 is 1. The first-order chi connectivity index (χ1) is 12.6. The number of nitrogens with one attached hydrogen (secondary N) is 1. The van der Waals surface area contributed by atoms with Crippen molar-refractivity contribution in [2.24, 2.45) is 5.73 Å². The SMILES string of the molecule is COc1cccc(-n2c(=O)[nH]c3c(C(N)=O)nc(-c4ccsc4)nc32)c1. The second-order valence-corrected chi connectivity index (χ2v) is 6.22. The molecule has 3 aromatic heterocycles. The number of H-pyrrole nitrogens is 1. The quantitative estimate of drug-likeness (QED) is 0.572. The van der Waals surface area contributed by atoms with Crippen molar-refractivity contribution in [3.63, 3.8) is 0 Å². The number of aromatic amines is 1. The summed E-state index contributed by atoms with van der Waals surface area (Å²) >= 11 is 1.48. The van der Waals surface area contributed by atoms with Crippen molar-refractivity contribution in [2.45, 2.75) is 0 Å². The summed E-state index contributed by atoms with van der Waals surface area (Å²) in [7, 11) is 1.54. The zero-order valence-corrected chi connectivity index (χ0v) is 14.4. The minimum Gasteiger partial charge on any atom is -0.497 e. The maximum atomic E-state index is 12.6. The lowest BCUT2D eigenvalue weighted by Gasteiger charge is -2.07. The van der Waals surface area contributed by atoms with E-state index in [4.69, 9.17) is 10.5 Å². The molecule has 1 amide bonds. The number of aromatic nitrogens is 4. The highest BCUT2D eigenvalue weighted by atomic mass is 32.1. The Balaban J connectivity index is 2.06. The van der Waals surface area contributed by atoms with Gasteiger partial charge in [-0.25, -0.2) is 19.3 Å². The Morgan fingerprint density at radius 2 is 2.15 bits per heavy atom. The van der Waals surface area contributed by atoms with Crippen LogP contribution in [-0.4, -0.2) is 32.5 Å². The smallest absolute Gasteiger partial charge is 0.332 e. The molecule has 130 valence electrons. The third-order valence-corrected chi connectivity index (χ3v) is 4.54. The van der Waals surface area contributed by atoms with Crippen molar-refractivity contribution in [3.8, 4) is 22.8 Å². The average molecular weight is 367 g/mol. The van der Waals surface area contributed by atoms with Crippen molar-refractivity contribution in [1.29, 1.82) is 0 Å². The van der Waals surface area contributed by atoms with Crippen LogP contribution in [0.2, 0.25) is 0 Å². The van der Waals surface area contributed by atoms with Gasteiger partial charge in [-0.05, 0) is 23.6 Å². The van der Waals surface area contributed by atoms with Crippen LogP contribution in [0.1, 0.15) is 10.5 Å². The predicted molar refractivity (Wildman–Crippen MR) is 97.9 cm³/mol. The molecule has 9 heteroatoms. The van der Waals surface area contributed by atoms with E-state index < -0.39 is 11.6 Å². The third kappa shape index (κ3) is 2.54. The molecule has 4 rings (SSSR count). The highest BCUT2D eigenvalue weighted by Crippen LogP contribution is 2.24. The van der Waals surface area contributed by atoms with E-state index >= 15 is 0 Å². The lowest BCUT2D eigenvalue weighted by atomic mass is 10.2. The number of nitrogens with two attached hydrogens (primary N) is 1. The number of benzene rings is 1. The average Bonchev–Trinajstić information content (AvgIpc) is 3.27. The summed E-state index contributed by atoms with van der Waals surface area (Å²) in [5.41, 5.74) is 6.74. The number of imidazole rings is 1. The van der Waals surface area contributed by atoms with E-state index in [0.29, 0.717) is 17.3 Å². The van der Waals surface area contributed by atoms with Gasteiger partial charge in [0.25, 0.3) is 5.91 Å². The summed E-state index contributed by atoms with van der Waals surface area (Å²) in [5.74, 6) is 0.169. The Kier molecular flexibility index (Phi) is 3.77. The molecule has 0 aliphatic heterocycles. The second kappa shape index (κ2) is 6.12. The third-order valence-electron chi connectivity index (χ3n) is 3.86. The van der Waals surface area contributed by atoms with Crippen LogP contribution in [-0.2, 0) is 0 Å². The number of hydrogen-bond acceptors (Lipinski definition) is 6. The van der Waals surface area contributed by atoms with Crippen molar-refractivity contribution in [3.05, 3.63) is 57.3 Å². The van der Waals surface area contributed by atoms with E-state index in [1.54, 1.807) is 31.4 Å². The molecule has 0 bridgehead atoms. The normalized spacial score (nSPS) is 11.0. The van der Waals surface area contributed by atoms with Gasteiger partial charge in [-0.3, -0.25) is 4.79 Å². The van der Waals surface area contributed by atoms with Gasteiger partial charge in [0.1, 0.15) is 11.3 Å². The number of thiophene rings is 1. The molecule has 4 aromatic rings. The fourth-order valence-electron chi connectivity index (χ4n) is 2.67. The molecule has 0 saturated carbocycles. The fraction of sp³-hybridized carbons (Fsp3) is 0.0588. The number of hydrogen-bond donors (Lipinski definition) is 2. The molecule has 0 radical (unpaired) electrons. The van der Waals surface area contributed by atoms with Crippen LogP contribution in [0, 0.1) is 0 Å². The first-order valence-electron chi connectivity index (χ1n) is 7.58. The van der Waals surface area contributed by atoms with Gasteiger partial charge in [0, 0.05) is 17.0 Å². The van der Waals surface area contributed by atoms with Crippen LogP contribution in [0.5, 0.6) is 5.75 Å². The summed E-state index contributed by atoms with van der Waals surface area (Å²) in [4.78, 5) is 35.8. The minimum atomic E-state index is -0.743. The van der Waals surface area contributed by atoms with E-state index in [1.165, 1.54) is 15.9 Å². The molecule has 8 nitrogen and oxygen atoms in total. The van der Waals surface area contributed by atoms with Gasteiger partial charge in [0.05, 0.1) is 12.8 Å². The van der Waals surface area contributed by atoms with E-state index in [-0.39, 0.29) is 16.9 Å². The van der Waals surface area contributed by atoms with Gasteiger partial charge in [-0.2, -0.15) is 11.3 Å². The van der Waals surface area contributed by atoms with Crippen LogP contribution in [0.25, 0.3) is 28.2 Å². The second-order valence-electron chi connectivity index (χ2n) is 5.44. The molecule has 0 spiro atoms. The summed E-state index contributed by atoms with van der Waals surface area (Å²) in [6.07, 6.45) is 0. The molecular weight excluding hydrogens is 354 g/mol. The van der Waals surface area contributed by atoms with E-state index in [2.05, 4.69) is 15.0 Å². The van der Waals surface area contributed by atoms with Crippen molar-refractivity contribution >= 4 is 28.4 Å². The summed E-state index contributed by atoms with van der Waals surface area (Å²) in [5, 5.41) is 3.73. The highest BCUT2D eigenvalue weighted by molar-refractivity contribution is 7.08. The van der Waals surface area contributed by atoms with E-state index in [0.717, 1.165) is 5.56 Å². The van der Waals surface area contributed by atoms with E-state index in [9.17, 15) is 9.59 Å². The zero-order valence-electron chi connectivity index (χ0n) is 13.6. The molecule has 0 atom stereocenters. The van der Waals surface area contributed by atoms with E-state index in [1.807, 2.05) is 16.8 Å². The summed E-state index contributed by atoms with van der Waals surface area (Å²) in [6, 6.07) is 8.80. The van der Waals surface area contributed by atoms with Gasteiger partial charge >= 0.3 is 5.69 Å². The lowest BCUT2D eigenvalue weighted by molar-refractivity contribution is 0.0997. The minimum absolute atomic E-state index is 0.0325. The molecule has 1 aromatic carbocycles. The summed E-state index contributed by atoms with van der Waals surface area (Å²) in [6.45, 7) is 0. The molecule has 3 N–H and O–H groups in total. The van der Waals surface area contributed by atoms with Gasteiger partial charge in [-0.1, -0.05) is 6.07 Å². The molecule has 3 heterocycles. The Labute approximate surface area is 150 Å². The van der Waals surface area contributed by atoms with Gasteiger partial charge in [0.15, 0.2) is 17.2 Å². The van der Waals surface area contributed by atoms with Crippen LogP contribution in [0.15, 0.2) is 45.9 Å². The number of nitrogens with zero attached hydrogens (tertiary/aromatic N) is 3. The number of amides is 1. The van der Waals surface area contributed by atoms with Crippen molar-refractivity contribution in [1.82, 2.24) is 19.5 Å². The van der Waals surface area contributed by atoms with Crippen LogP contribution >= 0.6 is 11.3 Å². The molecule has 0 unspecified atom stereocenters. The van der Waals surface area contributed by atoms with Gasteiger partial charge in [0.2, 0.25) is 0 Å². The molecule has 0 saturated heterocycles. The zero-order chi connectivity index (χ0) is 18.3. The Morgan fingerprint density at radius 1 is 1.31 bits per heavy atom.